The Balaban J connectivity index is 1.80. The van der Waals surface area contributed by atoms with E-state index in [-0.39, 0.29) is 11.8 Å². The van der Waals surface area contributed by atoms with Gasteiger partial charge in [0.15, 0.2) is 5.41 Å². The highest BCUT2D eigenvalue weighted by Crippen LogP contribution is 2.59. The molecular formula is C29H23NO2. The van der Waals surface area contributed by atoms with E-state index in [9.17, 15) is 10.1 Å². The summed E-state index contributed by atoms with van der Waals surface area (Å²) in [6.45, 7) is 0. The van der Waals surface area contributed by atoms with E-state index in [0.29, 0.717) is 0 Å². The number of hydrogen-bond acceptors (Lipinski definition) is 3. The molecule has 0 unspecified atom stereocenters. The standard InChI is InChI=1S/C29H23NO2/c1-32-28(31)29(19-30)24-16-10-4-9-15-22(24)27-23(17-18-25(27)29)26(20-11-5-2-6-12-20)21-13-7-3-8-14-21/h2-3,5-18,25,27H,4H2,1H3/t25-,27+,29-/m1/s1. The van der Waals surface area contributed by atoms with E-state index in [2.05, 4.69) is 48.6 Å². The van der Waals surface area contributed by atoms with E-state index < -0.39 is 11.4 Å². The van der Waals surface area contributed by atoms with Crippen LogP contribution < -0.4 is 0 Å². The van der Waals surface area contributed by atoms with Crippen LogP contribution in [0.2, 0.25) is 0 Å². The zero-order valence-electron chi connectivity index (χ0n) is 17.9. The number of esters is 1. The highest BCUT2D eigenvalue weighted by atomic mass is 16.5. The number of nitriles is 1. The summed E-state index contributed by atoms with van der Waals surface area (Å²) >= 11 is 0. The molecule has 3 nitrogen and oxygen atoms in total. The van der Waals surface area contributed by atoms with Crippen LogP contribution in [-0.2, 0) is 9.53 Å². The third-order valence-corrected chi connectivity index (χ3v) is 6.70. The molecule has 0 aliphatic heterocycles. The maximum absolute atomic E-state index is 13.1. The minimum atomic E-state index is -1.35. The predicted molar refractivity (Wildman–Crippen MR) is 125 cm³/mol. The lowest BCUT2D eigenvalue weighted by Crippen LogP contribution is -2.37. The molecule has 0 fully saturated rings. The molecule has 0 bridgehead atoms. The Morgan fingerprint density at radius 3 is 2.19 bits per heavy atom. The first kappa shape index (κ1) is 20.0. The SMILES string of the molecule is COC(=O)[C@]1(C#N)C2=C(C=CCC=C2)[C@H]2C(=C(c3ccccc3)c3ccccc3)C=C[C@H]21. The van der Waals surface area contributed by atoms with Crippen LogP contribution in [0.4, 0.5) is 0 Å². The first-order valence-electron chi connectivity index (χ1n) is 10.8. The van der Waals surface area contributed by atoms with Gasteiger partial charge >= 0.3 is 5.97 Å². The number of fused-ring (bicyclic) bond motifs is 2. The second kappa shape index (κ2) is 7.98. The lowest BCUT2D eigenvalue weighted by Gasteiger charge is -2.27. The summed E-state index contributed by atoms with van der Waals surface area (Å²) in [6, 6.07) is 23.0. The number of rotatable bonds is 3. The fourth-order valence-electron chi connectivity index (χ4n) is 5.36. The van der Waals surface area contributed by atoms with Crippen LogP contribution in [0.5, 0.6) is 0 Å². The lowest BCUT2D eigenvalue weighted by atomic mass is 9.72. The number of nitrogens with zero attached hydrogens (tertiary/aromatic N) is 1. The average molecular weight is 418 g/mol. The summed E-state index contributed by atoms with van der Waals surface area (Å²) in [5.74, 6) is -0.903. The van der Waals surface area contributed by atoms with Crippen LogP contribution in [-0.4, -0.2) is 13.1 Å². The van der Waals surface area contributed by atoms with Crippen molar-refractivity contribution in [2.75, 3.05) is 7.11 Å². The smallest absolute Gasteiger partial charge is 0.331 e. The molecule has 2 aromatic carbocycles. The van der Waals surface area contributed by atoms with Crippen molar-refractivity contribution in [1.29, 1.82) is 5.26 Å². The Morgan fingerprint density at radius 1 is 0.969 bits per heavy atom. The predicted octanol–water partition coefficient (Wildman–Crippen LogP) is 5.80. The van der Waals surface area contributed by atoms with Crippen LogP contribution in [0.25, 0.3) is 5.57 Å². The van der Waals surface area contributed by atoms with Crippen LogP contribution in [0.15, 0.2) is 114 Å². The first-order valence-corrected chi connectivity index (χ1v) is 10.8. The van der Waals surface area contributed by atoms with Gasteiger partial charge in [-0.3, -0.25) is 0 Å². The maximum Gasteiger partial charge on any atom is 0.331 e. The zero-order valence-corrected chi connectivity index (χ0v) is 17.9. The van der Waals surface area contributed by atoms with Crippen LogP contribution in [0.3, 0.4) is 0 Å². The summed E-state index contributed by atoms with van der Waals surface area (Å²) < 4.78 is 5.19. The van der Waals surface area contributed by atoms with Gasteiger partial charge in [-0.1, -0.05) is 97.1 Å². The molecule has 5 rings (SSSR count). The molecule has 0 spiro atoms. The highest BCUT2D eigenvalue weighted by molar-refractivity contribution is 5.91. The second-order valence-corrected chi connectivity index (χ2v) is 8.25. The maximum atomic E-state index is 13.1. The Morgan fingerprint density at radius 2 is 1.59 bits per heavy atom. The number of hydrogen-bond donors (Lipinski definition) is 0. The molecule has 0 amide bonds. The fourth-order valence-corrected chi connectivity index (χ4v) is 5.36. The Kier molecular flexibility index (Phi) is 4.99. The minimum absolute atomic E-state index is 0.0989. The topological polar surface area (TPSA) is 50.1 Å². The van der Waals surface area contributed by atoms with E-state index >= 15 is 0 Å². The molecule has 0 saturated carbocycles. The fraction of sp³-hybridized carbons (Fsp3) is 0.172. The van der Waals surface area contributed by atoms with Gasteiger partial charge in [-0.15, -0.1) is 0 Å². The molecule has 0 radical (unpaired) electrons. The van der Waals surface area contributed by atoms with Gasteiger partial charge in [0.2, 0.25) is 0 Å². The zero-order chi connectivity index (χ0) is 22.1. The molecule has 3 aliphatic carbocycles. The second-order valence-electron chi connectivity index (χ2n) is 8.25. The van der Waals surface area contributed by atoms with E-state index in [1.807, 2.05) is 54.6 Å². The Hall–Kier alpha value is -3.90. The number of benzene rings is 2. The van der Waals surface area contributed by atoms with Crippen molar-refractivity contribution < 1.29 is 9.53 Å². The number of ether oxygens (including phenoxy) is 1. The van der Waals surface area contributed by atoms with Crippen molar-refractivity contribution in [2.45, 2.75) is 6.42 Å². The molecule has 0 saturated heterocycles. The Labute approximate surface area is 188 Å². The van der Waals surface area contributed by atoms with E-state index in [4.69, 9.17) is 4.74 Å². The van der Waals surface area contributed by atoms with Gasteiger partial charge < -0.3 is 4.74 Å². The molecule has 156 valence electrons. The lowest BCUT2D eigenvalue weighted by molar-refractivity contribution is -0.148. The number of carbonyl (C=O) groups excluding carboxylic acids is 1. The van der Waals surface area contributed by atoms with Crippen LogP contribution in [0, 0.1) is 28.6 Å². The summed E-state index contributed by atoms with van der Waals surface area (Å²) in [5.41, 5.74) is 4.92. The van der Waals surface area contributed by atoms with Gasteiger partial charge in [0.05, 0.1) is 13.2 Å². The summed E-state index contributed by atoms with van der Waals surface area (Å²) in [6.07, 6.45) is 13.1. The van der Waals surface area contributed by atoms with Crippen molar-refractivity contribution in [3.63, 3.8) is 0 Å². The van der Waals surface area contributed by atoms with Gasteiger partial charge in [0, 0.05) is 11.8 Å². The quantitative estimate of drug-likeness (QED) is 0.593. The van der Waals surface area contributed by atoms with E-state index in [0.717, 1.165) is 39.8 Å². The van der Waals surface area contributed by atoms with Crippen molar-refractivity contribution in [3.05, 3.63) is 125 Å². The normalized spacial score (nSPS) is 25.2. The monoisotopic (exact) mass is 417 g/mol. The molecule has 0 aromatic heterocycles. The summed E-state index contributed by atoms with van der Waals surface area (Å²) in [5, 5.41) is 10.4. The van der Waals surface area contributed by atoms with Gasteiger partial charge in [0.1, 0.15) is 0 Å². The molecule has 0 heterocycles. The van der Waals surface area contributed by atoms with Crippen molar-refractivity contribution in [1.82, 2.24) is 0 Å². The van der Waals surface area contributed by atoms with Gasteiger partial charge in [0.25, 0.3) is 0 Å². The summed E-state index contributed by atoms with van der Waals surface area (Å²) in [7, 11) is 1.36. The van der Waals surface area contributed by atoms with Gasteiger partial charge in [-0.05, 0) is 39.8 Å². The number of allylic oxidation sites excluding steroid dienone is 8. The van der Waals surface area contributed by atoms with Gasteiger partial charge in [-0.25, -0.2) is 4.79 Å². The number of carbonyl (C=O) groups is 1. The molecule has 2 aromatic rings. The van der Waals surface area contributed by atoms with Crippen molar-refractivity contribution >= 4 is 11.5 Å². The molecule has 3 aliphatic rings. The van der Waals surface area contributed by atoms with Crippen LogP contribution >= 0.6 is 0 Å². The average Bonchev–Trinajstić information content (AvgIpc) is 3.27. The van der Waals surface area contributed by atoms with Crippen molar-refractivity contribution in [2.24, 2.45) is 17.3 Å². The van der Waals surface area contributed by atoms with E-state index in [1.54, 1.807) is 0 Å². The van der Waals surface area contributed by atoms with E-state index in [1.165, 1.54) is 7.11 Å². The molecular weight excluding hydrogens is 394 g/mol. The molecule has 3 heteroatoms. The van der Waals surface area contributed by atoms with Crippen molar-refractivity contribution in [3.8, 4) is 6.07 Å². The molecule has 32 heavy (non-hydrogen) atoms. The molecule has 3 atom stereocenters. The summed E-state index contributed by atoms with van der Waals surface area (Å²) in [4.78, 5) is 13.1. The van der Waals surface area contributed by atoms with Gasteiger partial charge in [-0.2, -0.15) is 5.26 Å². The van der Waals surface area contributed by atoms with Crippen LogP contribution in [0.1, 0.15) is 17.5 Å². The molecule has 0 N–H and O–H groups in total. The largest absolute Gasteiger partial charge is 0.468 e. The highest BCUT2D eigenvalue weighted by Gasteiger charge is 2.60. The third kappa shape index (κ3) is 2.84. The third-order valence-electron chi connectivity index (χ3n) is 6.70. The minimum Gasteiger partial charge on any atom is -0.468 e. The number of methoxy groups -OCH3 is 1. The first-order chi connectivity index (χ1) is 15.7. The Bertz CT molecular complexity index is 1210.